The highest BCUT2D eigenvalue weighted by atomic mass is 16.2. The molecule has 0 radical (unpaired) electrons. The fourth-order valence-electron chi connectivity index (χ4n) is 1.98. The summed E-state index contributed by atoms with van der Waals surface area (Å²) in [6.07, 6.45) is 2.98. The summed E-state index contributed by atoms with van der Waals surface area (Å²) in [6, 6.07) is 0.0998. The van der Waals surface area contributed by atoms with Gasteiger partial charge in [0.2, 0.25) is 11.8 Å². The Hall–Kier alpha value is -1.10. The van der Waals surface area contributed by atoms with E-state index in [1.54, 1.807) is 0 Å². The molecule has 1 atom stereocenters. The van der Waals surface area contributed by atoms with E-state index in [4.69, 9.17) is 0 Å². The van der Waals surface area contributed by atoms with Crippen molar-refractivity contribution in [3.63, 3.8) is 0 Å². The normalized spacial score (nSPS) is 24.5. The molecular formula is C12H23N3O2. The van der Waals surface area contributed by atoms with E-state index in [9.17, 15) is 9.59 Å². The Balaban J connectivity index is 2.35. The minimum Gasteiger partial charge on any atom is -0.352 e. The number of carbonyl (C=O) groups is 2. The van der Waals surface area contributed by atoms with Crippen molar-refractivity contribution in [3.8, 4) is 0 Å². The Morgan fingerprint density at radius 2 is 2.06 bits per heavy atom. The minimum absolute atomic E-state index is 0.0499. The molecule has 1 rings (SSSR count). The average Bonchev–Trinajstić information content (AvgIpc) is 2.26. The van der Waals surface area contributed by atoms with Crippen LogP contribution in [0.1, 0.15) is 40.0 Å². The molecule has 0 aromatic heterocycles. The van der Waals surface area contributed by atoms with Gasteiger partial charge in [0.1, 0.15) is 0 Å². The summed E-state index contributed by atoms with van der Waals surface area (Å²) < 4.78 is 0. The van der Waals surface area contributed by atoms with Crippen molar-refractivity contribution in [1.82, 2.24) is 16.0 Å². The van der Waals surface area contributed by atoms with Gasteiger partial charge in [-0.05, 0) is 46.6 Å². The van der Waals surface area contributed by atoms with E-state index >= 15 is 0 Å². The van der Waals surface area contributed by atoms with E-state index in [2.05, 4.69) is 16.0 Å². The van der Waals surface area contributed by atoms with Gasteiger partial charge in [-0.2, -0.15) is 0 Å². The van der Waals surface area contributed by atoms with Gasteiger partial charge < -0.3 is 16.0 Å². The van der Waals surface area contributed by atoms with Gasteiger partial charge in [-0.3, -0.25) is 9.59 Å². The molecule has 1 aliphatic heterocycles. The largest absolute Gasteiger partial charge is 0.352 e. The van der Waals surface area contributed by atoms with Gasteiger partial charge in [-0.1, -0.05) is 0 Å². The van der Waals surface area contributed by atoms with Crippen molar-refractivity contribution in [2.75, 3.05) is 13.1 Å². The molecule has 3 N–H and O–H groups in total. The van der Waals surface area contributed by atoms with Crippen LogP contribution in [0.15, 0.2) is 0 Å². The van der Waals surface area contributed by atoms with Crippen LogP contribution in [0.4, 0.5) is 0 Å². The van der Waals surface area contributed by atoms with Gasteiger partial charge in [0.25, 0.3) is 0 Å². The van der Waals surface area contributed by atoms with Crippen molar-refractivity contribution in [2.45, 2.75) is 51.6 Å². The zero-order valence-corrected chi connectivity index (χ0v) is 10.9. The van der Waals surface area contributed by atoms with Crippen molar-refractivity contribution in [2.24, 2.45) is 0 Å². The molecule has 0 aromatic rings. The van der Waals surface area contributed by atoms with E-state index in [0.717, 1.165) is 25.8 Å². The fraction of sp³-hybridized carbons (Fsp3) is 0.833. The van der Waals surface area contributed by atoms with Crippen molar-refractivity contribution in [3.05, 3.63) is 0 Å². The number of rotatable bonds is 4. The van der Waals surface area contributed by atoms with Crippen LogP contribution in [-0.2, 0) is 9.59 Å². The highest BCUT2D eigenvalue weighted by molar-refractivity contribution is 5.90. The second kappa shape index (κ2) is 6.00. The Morgan fingerprint density at radius 3 is 2.59 bits per heavy atom. The number of nitrogens with one attached hydrogen (secondary N) is 3. The van der Waals surface area contributed by atoms with Crippen LogP contribution in [0.3, 0.4) is 0 Å². The quantitative estimate of drug-likeness (QED) is 0.656. The molecule has 0 aliphatic carbocycles. The lowest BCUT2D eigenvalue weighted by atomic mass is 9.90. The summed E-state index contributed by atoms with van der Waals surface area (Å²) in [7, 11) is 0. The molecule has 98 valence electrons. The number of carbonyl (C=O) groups excluding carboxylic acids is 2. The van der Waals surface area contributed by atoms with Crippen LogP contribution in [-0.4, -0.2) is 36.5 Å². The summed E-state index contributed by atoms with van der Waals surface area (Å²) >= 11 is 0. The van der Waals surface area contributed by atoms with Gasteiger partial charge in [0.05, 0.1) is 12.1 Å². The highest BCUT2D eigenvalue weighted by Gasteiger charge is 2.34. The first kappa shape index (κ1) is 14.0. The Labute approximate surface area is 103 Å². The molecule has 1 aliphatic rings. The standard InChI is InChI=1S/C12H23N3O2/c1-9(2)15-10(16)8-13-11(17)12(3)6-4-5-7-14-12/h9,14H,4-8H2,1-3H3,(H,13,17)(H,15,16). The third kappa shape index (κ3) is 4.34. The molecular weight excluding hydrogens is 218 g/mol. The third-order valence-electron chi connectivity index (χ3n) is 2.98. The first-order valence-corrected chi connectivity index (χ1v) is 6.27. The Morgan fingerprint density at radius 1 is 1.35 bits per heavy atom. The Kier molecular flexibility index (Phi) is 4.93. The summed E-state index contributed by atoms with van der Waals surface area (Å²) in [5.41, 5.74) is -0.517. The molecule has 1 fully saturated rings. The molecule has 1 heterocycles. The highest BCUT2D eigenvalue weighted by Crippen LogP contribution is 2.18. The van der Waals surface area contributed by atoms with Gasteiger partial charge in [0.15, 0.2) is 0 Å². The molecule has 0 bridgehead atoms. The summed E-state index contributed by atoms with van der Waals surface area (Å²) in [5.74, 6) is -0.233. The maximum absolute atomic E-state index is 12.0. The minimum atomic E-state index is -0.517. The van der Waals surface area contributed by atoms with Crippen LogP contribution < -0.4 is 16.0 Å². The maximum Gasteiger partial charge on any atom is 0.240 e. The SMILES string of the molecule is CC(C)NC(=O)CNC(=O)C1(C)CCCCN1. The molecule has 0 spiro atoms. The van der Waals surface area contributed by atoms with Crippen LogP contribution in [0.2, 0.25) is 0 Å². The monoisotopic (exact) mass is 241 g/mol. The summed E-state index contributed by atoms with van der Waals surface area (Å²) in [5, 5.41) is 8.64. The lowest BCUT2D eigenvalue weighted by molar-refractivity contribution is -0.130. The van der Waals surface area contributed by atoms with Crippen molar-refractivity contribution in [1.29, 1.82) is 0 Å². The van der Waals surface area contributed by atoms with Gasteiger partial charge in [0, 0.05) is 6.04 Å². The maximum atomic E-state index is 12.0. The van der Waals surface area contributed by atoms with Crippen LogP contribution >= 0.6 is 0 Å². The summed E-state index contributed by atoms with van der Waals surface area (Å²) in [6.45, 7) is 6.59. The first-order chi connectivity index (χ1) is 7.94. The van der Waals surface area contributed by atoms with Crippen molar-refractivity contribution < 1.29 is 9.59 Å². The smallest absolute Gasteiger partial charge is 0.240 e. The lowest BCUT2D eigenvalue weighted by Gasteiger charge is -2.33. The van der Waals surface area contributed by atoms with Gasteiger partial charge in [-0.25, -0.2) is 0 Å². The van der Waals surface area contributed by atoms with Crippen molar-refractivity contribution >= 4 is 11.8 Å². The molecule has 5 nitrogen and oxygen atoms in total. The topological polar surface area (TPSA) is 70.2 Å². The zero-order chi connectivity index (χ0) is 12.9. The molecule has 17 heavy (non-hydrogen) atoms. The van der Waals surface area contributed by atoms with E-state index in [-0.39, 0.29) is 24.4 Å². The van der Waals surface area contributed by atoms with E-state index < -0.39 is 5.54 Å². The molecule has 1 unspecified atom stereocenters. The third-order valence-corrected chi connectivity index (χ3v) is 2.98. The molecule has 0 saturated carbocycles. The zero-order valence-electron chi connectivity index (χ0n) is 10.9. The average molecular weight is 241 g/mol. The second-order valence-corrected chi connectivity index (χ2v) is 5.12. The number of piperidine rings is 1. The van der Waals surface area contributed by atoms with Gasteiger partial charge in [-0.15, -0.1) is 0 Å². The van der Waals surface area contributed by atoms with Crippen LogP contribution in [0.5, 0.6) is 0 Å². The molecule has 0 aromatic carbocycles. The summed E-state index contributed by atoms with van der Waals surface area (Å²) in [4.78, 5) is 23.4. The Bertz CT molecular complexity index is 283. The predicted molar refractivity (Wildman–Crippen MR) is 66.5 cm³/mol. The predicted octanol–water partition coefficient (Wildman–Crippen LogP) is 0.159. The second-order valence-electron chi connectivity index (χ2n) is 5.12. The van der Waals surface area contributed by atoms with Crippen LogP contribution in [0, 0.1) is 0 Å². The number of hydrogen-bond donors (Lipinski definition) is 3. The first-order valence-electron chi connectivity index (χ1n) is 6.27. The van der Waals surface area contributed by atoms with Crippen LogP contribution in [0.25, 0.3) is 0 Å². The fourth-order valence-corrected chi connectivity index (χ4v) is 1.98. The molecule has 1 saturated heterocycles. The van der Waals surface area contributed by atoms with E-state index in [0.29, 0.717) is 0 Å². The number of amides is 2. The van der Waals surface area contributed by atoms with E-state index in [1.165, 1.54) is 0 Å². The number of hydrogen-bond acceptors (Lipinski definition) is 3. The van der Waals surface area contributed by atoms with Gasteiger partial charge >= 0.3 is 0 Å². The van der Waals surface area contributed by atoms with E-state index in [1.807, 2.05) is 20.8 Å². The lowest BCUT2D eigenvalue weighted by Crippen LogP contribution is -2.58. The molecule has 5 heteroatoms. The molecule has 2 amide bonds.